The minimum atomic E-state index is -0.730. The molecule has 0 amide bonds. The van der Waals surface area contributed by atoms with E-state index in [1.807, 2.05) is 0 Å². The summed E-state index contributed by atoms with van der Waals surface area (Å²) >= 11 is 6.10. The second-order valence-electron chi connectivity index (χ2n) is 3.92. The van der Waals surface area contributed by atoms with Crippen LogP contribution in [0.15, 0.2) is 23.7 Å². The predicted octanol–water partition coefficient (Wildman–Crippen LogP) is 3.23. The summed E-state index contributed by atoms with van der Waals surface area (Å²) in [5.41, 5.74) is 5.31. The number of nitrogens with zero attached hydrogens (tertiary/aromatic N) is 1. The van der Waals surface area contributed by atoms with Gasteiger partial charge >= 0.3 is 0 Å². The maximum absolute atomic E-state index is 13.8. The van der Waals surface area contributed by atoms with Crippen molar-refractivity contribution in [1.29, 1.82) is 0 Å². The average Bonchev–Trinajstić information content (AvgIpc) is 2.86. The highest BCUT2D eigenvalue weighted by Crippen LogP contribution is 2.26. The average molecular weight is 299 g/mol. The summed E-state index contributed by atoms with van der Waals surface area (Å²) in [7, 11) is 0. The summed E-state index contributed by atoms with van der Waals surface area (Å²) in [4.78, 5) is 4.04. The topological polar surface area (TPSA) is 50.9 Å². The lowest BCUT2D eigenvalue weighted by atomic mass is 10.1. The van der Waals surface area contributed by atoms with Crippen molar-refractivity contribution in [1.82, 2.24) is 4.98 Å². The number of hydrogen-bond donors (Lipinski definition) is 2. The van der Waals surface area contributed by atoms with E-state index in [1.54, 1.807) is 18.5 Å². The predicted molar refractivity (Wildman–Crippen MR) is 76.4 cm³/mol. The van der Waals surface area contributed by atoms with Gasteiger partial charge in [0.15, 0.2) is 0 Å². The number of nitrogens with two attached hydrogens (primary N) is 1. The molecule has 3 nitrogen and oxygen atoms in total. The SMILES string of the molecule is CC(Nc1c(F)cc(C(N)=S)cc1F)c1nccs1. The van der Waals surface area contributed by atoms with E-state index in [-0.39, 0.29) is 22.3 Å². The number of rotatable bonds is 4. The molecule has 3 N–H and O–H groups in total. The summed E-state index contributed by atoms with van der Waals surface area (Å²) in [5.74, 6) is -1.46. The Hall–Kier alpha value is -1.60. The summed E-state index contributed by atoms with van der Waals surface area (Å²) in [6, 6.07) is 1.93. The Labute approximate surface area is 118 Å². The van der Waals surface area contributed by atoms with E-state index in [0.29, 0.717) is 0 Å². The molecular formula is C12H11F2N3S2. The van der Waals surface area contributed by atoms with Gasteiger partial charge in [-0.2, -0.15) is 0 Å². The molecule has 7 heteroatoms. The molecule has 100 valence electrons. The van der Waals surface area contributed by atoms with Gasteiger partial charge in [0.1, 0.15) is 27.3 Å². The van der Waals surface area contributed by atoms with E-state index in [9.17, 15) is 8.78 Å². The van der Waals surface area contributed by atoms with E-state index in [2.05, 4.69) is 10.3 Å². The standard InChI is InChI=1S/C12H11F2N3S2/c1-6(12-16-2-3-19-12)17-10-8(13)4-7(11(15)18)5-9(10)14/h2-6,17H,1H3,(H2,15,18). The maximum Gasteiger partial charge on any atom is 0.150 e. The van der Waals surface area contributed by atoms with E-state index in [1.165, 1.54) is 11.3 Å². The van der Waals surface area contributed by atoms with Crippen molar-refractivity contribution in [2.24, 2.45) is 5.73 Å². The first-order chi connectivity index (χ1) is 8.99. The molecule has 2 rings (SSSR count). The van der Waals surface area contributed by atoms with Gasteiger partial charge in [-0.15, -0.1) is 11.3 Å². The molecule has 1 aromatic heterocycles. The van der Waals surface area contributed by atoms with Crippen LogP contribution in [-0.2, 0) is 0 Å². The quantitative estimate of drug-likeness (QED) is 0.851. The Morgan fingerprint density at radius 2 is 2.05 bits per heavy atom. The number of benzene rings is 1. The van der Waals surface area contributed by atoms with Crippen LogP contribution in [0.2, 0.25) is 0 Å². The van der Waals surface area contributed by atoms with Crippen LogP contribution in [0.3, 0.4) is 0 Å². The van der Waals surface area contributed by atoms with Crippen molar-refractivity contribution in [3.63, 3.8) is 0 Å². The van der Waals surface area contributed by atoms with E-state index in [0.717, 1.165) is 17.1 Å². The molecule has 0 saturated heterocycles. The molecule has 1 atom stereocenters. The maximum atomic E-state index is 13.8. The van der Waals surface area contributed by atoms with Crippen molar-refractivity contribution in [3.05, 3.63) is 45.9 Å². The first-order valence-corrected chi connectivity index (χ1v) is 6.72. The molecule has 2 aromatic rings. The highest BCUT2D eigenvalue weighted by atomic mass is 32.1. The lowest BCUT2D eigenvalue weighted by Crippen LogP contribution is -2.13. The zero-order valence-corrected chi connectivity index (χ0v) is 11.6. The molecule has 0 radical (unpaired) electrons. The lowest BCUT2D eigenvalue weighted by Gasteiger charge is -2.15. The minimum absolute atomic E-state index is 0.0441. The smallest absolute Gasteiger partial charge is 0.150 e. The van der Waals surface area contributed by atoms with Crippen molar-refractivity contribution >= 4 is 34.2 Å². The largest absolute Gasteiger partial charge is 0.389 e. The number of anilines is 1. The Kier molecular flexibility index (Phi) is 4.06. The summed E-state index contributed by atoms with van der Waals surface area (Å²) in [6.07, 6.45) is 1.64. The highest BCUT2D eigenvalue weighted by Gasteiger charge is 2.16. The normalized spacial score (nSPS) is 12.2. The van der Waals surface area contributed by atoms with Crippen LogP contribution in [0.25, 0.3) is 0 Å². The van der Waals surface area contributed by atoms with Crippen LogP contribution in [0, 0.1) is 11.6 Å². The molecule has 0 bridgehead atoms. The van der Waals surface area contributed by atoms with Crippen molar-refractivity contribution in [2.45, 2.75) is 13.0 Å². The highest BCUT2D eigenvalue weighted by molar-refractivity contribution is 7.80. The van der Waals surface area contributed by atoms with Gasteiger partial charge in [0.05, 0.1) is 6.04 Å². The molecule has 0 aliphatic rings. The molecule has 1 heterocycles. The molecule has 0 spiro atoms. The minimum Gasteiger partial charge on any atom is -0.389 e. The van der Waals surface area contributed by atoms with Crippen molar-refractivity contribution < 1.29 is 8.78 Å². The Bertz CT molecular complexity index is 576. The summed E-state index contributed by atoms with van der Waals surface area (Å²) in [5, 5.41) is 5.31. The number of nitrogens with one attached hydrogen (secondary N) is 1. The Morgan fingerprint density at radius 1 is 1.42 bits per heavy atom. The second-order valence-corrected chi connectivity index (χ2v) is 5.28. The van der Waals surface area contributed by atoms with E-state index < -0.39 is 11.6 Å². The zero-order chi connectivity index (χ0) is 14.0. The number of hydrogen-bond acceptors (Lipinski definition) is 4. The van der Waals surface area contributed by atoms with Gasteiger partial charge in [-0.25, -0.2) is 13.8 Å². The number of aromatic nitrogens is 1. The third-order valence-corrected chi connectivity index (χ3v) is 3.70. The molecule has 0 aliphatic carbocycles. The second kappa shape index (κ2) is 5.58. The summed E-state index contributed by atoms with van der Waals surface area (Å²) in [6.45, 7) is 1.78. The first-order valence-electron chi connectivity index (χ1n) is 5.44. The number of halogens is 2. The molecule has 0 fully saturated rings. The third-order valence-electron chi connectivity index (χ3n) is 2.51. The first kappa shape index (κ1) is 13.8. The van der Waals surface area contributed by atoms with Gasteiger partial charge in [-0.1, -0.05) is 12.2 Å². The fraction of sp³-hybridized carbons (Fsp3) is 0.167. The van der Waals surface area contributed by atoms with Crippen LogP contribution in [0.5, 0.6) is 0 Å². The Morgan fingerprint density at radius 3 is 2.53 bits per heavy atom. The van der Waals surface area contributed by atoms with Crippen LogP contribution in [0.1, 0.15) is 23.5 Å². The van der Waals surface area contributed by atoms with Crippen molar-refractivity contribution in [3.8, 4) is 0 Å². The van der Waals surface area contributed by atoms with Crippen molar-refractivity contribution in [2.75, 3.05) is 5.32 Å². The van der Waals surface area contributed by atoms with E-state index >= 15 is 0 Å². The van der Waals surface area contributed by atoms with Crippen LogP contribution >= 0.6 is 23.6 Å². The van der Waals surface area contributed by atoms with Gasteiger partial charge in [0, 0.05) is 17.1 Å². The molecule has 1 aromatic carbocycles. The van der Waals surface area contributed by atoms with Gasteiger partial charge < -0.3 is 11.1 Å². The molecule has 0 aliphatic heterocycles. The third kappa shape index (κ3) is 3.05. The molecule has 19 heavy (non-hydrogen) atoms. The van der Waals surface area contributed by atoms with Gasteiger partial charge in [0.25, 0.3) is 0 Å². The Balaban J connectivity index is 2.28. The number of thiocarbonyl (C=S) groups is 1. The fourth-order valence-corrected chi connectivity index (χ4v) is 2.34. The van der Waals surface area contributed by atoms with Crippen LogP contribution < -0.4 is 11.1 Å². The monoisotopic (exact) mass is 299 g/mol. The molecule has 1 unspecified atom stereocenters. The van der Waals surface area contributed by atoms with Crippen LogP contribution in [-0.4, -0.2) is 9.97 Å². The van der Waals surface area contributed by atoms with Gasteiger partial charge in [-0.3, -0.25) is 0 Å². The zero-order valence-electron chi connectivity index (χ0n) is 9.98. The lowest BCUT2D eigenvalue weighted by molar-refractivity contribution is 0.584. The summed E-state index contributed by atoms with van der Waals surface area (Å²) < 4.78 is 27.7. The van der Waals surface area contributed by atoms with E-state index in [4.69, 9.17) is 18.0 Å². The molecular weight excluding hydrogens is 288 g/mol. The van der Waals surface area contributed by atoms with Gasteiger partial charge in [-0.05, 0) is 19.1 Å². The van der Waals surface area contributed by atoms with Crippen LogP contribution in [0.4, 0.5) is 14.5 Å². The number of thiazole rings is 1. The fourth-order valence-electron chi connectivity index (χ4n) is 1.58. The molecule has 0 saturated carbocycles. The van der Waals surface area contributed by atoms with Gasteiger partial charge in [0.2, 0.25) is 0 Å².